The van der Waals surface area contributed by atoms with Crippen molar-refractivity contribution in [3.05, 3.63) is 59.4 Å². The Morgan fingerprint density at radius 1 is 1.03 bits per heavy atom. The molecule has 0 spiro atoms. The maximum atomic E-state index is 12.6. The van der Waals surface area contributed by atoms with Crippen LogP contribution in [-0.2, 0) is 6.54 Å². The molecule has 0 unspecified atom stereocenters. The molecule has 1 saturated heterocycles. The van der Waals surface area contributed by atoms with Gasteiger partial charge in [0.2, 0.25) is 0 Å². The number of nitrogens with zero attached hydrogens (tertiary/aromatic N) is 3. The largest absolute Gasteiger partial charge is 0.339 e. The van der Waals surface area contributed by atoms with Gasteiger partial charge in [-0.2, -0.15) is 0 Å². The number of fused-ring (bicyclic) bond motifs is 1. The minimum Gasteiger partial charge on any atom is -0.339 e. The van der Waals surface area contributed by atoms with Crippen LogP contribution < -0.4 is 10.6 Å². The number of hydrogen-bond acceptors (Lipinski definition) is 3. The molecule has 0 bridgehead atoms. The number of aromatic nitrogens is 2. The van der Waals surface area contributed by atoms with Crippen molar-refractivity contribution in [2.24, 2.45) is 0 Å². The zero-order valence-electron chi connectivity index (χ0n) is 17.4. The summed E-state index contributed by atoms with van der Waals surface area (Å²) in [5.41, 5.74) is 5.53. The number of carbonyl (C=O) groups excluding carboxylic acids is 2. The summed E-state index contributed by atoms with van der Waals surface area (Å²) in [7, 11) is 0. The van der Waals surface area contributed by atoms with Crippen LogP contribution in [0.5, 0.6) is 0 Å². The molecular weight excluding hydrogens is 378 g/mol. The van der Waals surface area contributed by atoms with Crippen LogP contribution in [0.15, 0.2) is 42.7 Å². The van der Waals surface area contributed by atoms with Gasteiger partial charge in [-0.1, -0.05) is 6.07 Å². The van der Waals surface area contributed by atoms with E-state index in [0.29, 0.717) is 18.7 Å². The summed E-state index contributed by atoms with van der Waals surface area (Å²) in [4.78, 5) is 31.1. The first-order valence-electron chi connectivity index (χ1n) is 10.4. The topological polar surface area (TPSA) is 79.3 Å². The average Bonchev–Trinajstić information content (AvgIpc) is 3.40. The molecule has 156 valence electrons. The van der Waals surface area contributed by atoms with Gasteiger partial charge in [0.15, 0.2) is 0 Å². The number of carbonyl (C=O) groups is 2. The molecule has 0 atom stereocenters. The monoisotopic (exact) mass is 405 g/mol. The Morgan fingerprint density at radius 2 is 1.83 bits per heavy atom. The van der Waals surface area contributed by atoms with E-state index in [2.05, 4.69) is 15.6 Å². The van der Waals surface area contributed by atoms with Gasteiger partial charge in [-0.15, -0.1) is 0 Å². The number of nitrogens with one attached hydrogen (secondary N) is 2. The minimum absolute atomic E-state index is 0.0774. The Labute approximate surface area is 176 Å². The number of rotatable bonds is 5. The van der Waals surface area contributed by atoms with Gasteiger partial charge in [0.1, 0.15) is 0 Å². The average molecular weight is 406 g/mol. The quantitative estimate of drug-likeness (QED) is 0.679. The lowest BCUT2D eigenvalue weighted by Gasteiger charge is -2.15. The maximum absolute atomic E-state index is 12.6. The van der Waals surface area contributed by atoms with E-state index in [0.717, 1.165) is 48.2 Å². The fraction of sp³-hybridized carbons (Fsp3) is 0.348. The zero-order chi connectivity index (χ0) is 21.1. The van der Waals surface area contributed by atoms with E-state index in [9.17, 15) is 9.59 Å². The third-order valence-corrected chi connectivity index (χ3v) is 5.66. The fourth-order valence-corrected chi connectivity index (χ4v) is 3.76. The van der Waals surface area contributed by atoms with Crippen LogP contribution in [0.2, 0.25) is 0 Å². The highest BCUT2D eigenvalue weighted by molar-refractivity contribution is 5.97. The molecule has 0 radical (unpaired) electrons. The molecule has 2 heterocycles. The second-order valence-electron chi connectivity index (χ2n) is 7.82. The van der Waals surface area contributed by atoms with Crippen molar-refractivity contribution < 1.29 is 9.59 Å². The van der Waals surface area contributed by atoms with Gasteiger partial charge in [0, 0.05) is 37.4 Å². The van der Waals surface area contributed by atoms with Crippen LogP contribution in [0.4, 0.5) is 10.5 Å². The molecule has 4 rings (SSSR count). The van der Waals surface area contributed by atoms with Crippen LogP contribution in [0.25, 0.3) is 11.0 Å². The zero-order valence-corrected chi connectivity index (χ0v) is 17.4. The summed E-state index contributed by atoms with van der Waals surface area (Å²) in [5, 5.41) is 5.73. The molecule has 0 saturated carbocycles. The molecule has 0 aliphatic carbocycles. The predicted octanol–water partition coefficient (Wildman–Crippen LogP) is 3.71. The van der Waals surface area contributed by atoms with E-state index in [1.165, 1.54) is 5.56 Å². The Morgan fingerprint density at radius 3 is 2.60 bits per heavy atom. The summed E-state index contributed by atoms with van der Waals surface area (Å²) < 4.78 is 1.98. The molecular formula is C23H27N5O2. The smallest absolute Gasteiger partial charge is 0.319 e. The minimum atomic E-state index is -0.235. The van der Waals surface area contributed by atoms with Crippen molar-refractivity contribution in [2.75, 3.05) is 25.0 Å². The van der Waals surface area contributed by atoms with Crippen molar-refractivity contribution >= 4 is 28.7 Å². The highest BCUT2D eigenvalue weighted by Crippen LogP contribution is 2.18. The molecule has 30 heavy (non-hydrogen) atoms. The maximum Gasteiger partial charge on any atom is 0.319 e. The van der Waals surface area contributed by atoms with E-state index < -0.39 is 0 Å². The third kappa shape index (κ3) is 4.30. The molecule has 1 fully saturated rings. The van der Waals surface area contributed by atoms with Crippen molar-refractivity contribution in [1.29, 1.82) is 0 Å². The van der Waals surface area contributed by atoms with E-state index in [1.807, 2.05) is 59.7 Å². The summed E-state index contributed by atoms with van der Waals surface area (Å²) in [6.45, 7) is 6.79. The van der Waals surface area contributed by atoms with Crippen LogP contribution in [0, 0.1) is 13.8 Å². The highest BCUT2D eigenvalue weighted by Gasteiger charge is 2.20. The lowest BCUT2D eigenvalue weighted by Crippen LogP contribution is -2.31. The van der Waals surface area contributed by atoms with Gasteiger partial charge in [0.05, 0.1) is 17.4 Å². The first-order chi connectivity index (χ1) is 14.5. The number of likely N-dealkylation sites (tertiary alicyclic amines) is 1. The number of imidazole rings is 1. The first kappa shape index (κ1) is 19.9. The Bertz CT molecular complexity index is 1080. The third-order valence-electron chi connectivity index (χ3n) is 5.66. The van der Waals surface area contributed by atoms with Crippen molar-refractivity contribution in [3.63, 3.8) is 0 Å². The van der Waals surface area contributed by atoms with Crippen LogP contribution in [0.1, 0.15) is 34.3 Å². The van der Waals surface area contributed by atoms with E-state index >= 15 is 0 Å². The second kappa shape index (κ2) is 8.57. The molecule has 7 heteroatoms. The fourth-order valence-electron chi connectivity index (χ4n) is 3.76. The molecule has 7 nitrogen and oxygen atoms in total. The number of hydrogen-bond donors (Lipinski definition) is 2. The number of anilines is 1. The van der Waals surface area contributed by atoms with E-state index in [4.69, 9.17) is 0 Å². The molecule has 1 aliphatic rings. The molecule has 3 aromatic rings. The van der Waals surface area contributed by atoms with Gasteiger partial charge >= 0.3 is 6.03 Å². The number of urea groups is 1. The summed E-state index contributed by atoms with van der Waals surface area (Å²) >= 11 is 0. The molecule has 2 N–H and O–H groups in total. The van der Waals surface area contributed by atoms with Crippen molar-refractivity contribution in [3.8, 4) is 0 Å². The van der Waals surface area contributed by atoms with Gasteiger partial charge < -0.3 is 20.1 Å². The summed E-state index contributed by atoms with van der Waals surface area (Å²) in [6.07, 6.45) is 3.90. The van der Waals surface area contributed by atoms with E-state index in [1.54, 1.807) is 6.33 Å². The first-order valence-corrected chi connectivity index (χ1v) is 10.4. The van der Waals surface area contributed by atoms with Gasteiger partial charge in [0.25, 0.3) is 5.91 Å². The summed E-state index contributed by atoms with van der Waals surface area (Å²) in [5.74, 6) is 0.0774. The Balaban J connectivity index is 1.34. The predicted molar refractivity (Wildman–Crippen MR) is 118 cm³/mol. The van der Waals surface area contributed by atoms with Gasteiger partial charge in [-0.3, -0.25) is 4.79 Å². The Hall–Kier alpha value is -3.35. The Kier molecular flexibility index (Phi) is 5.70. The lowest BCUT2D eigenvalue weighted by molar-refractivity contribution is 0.0793. The van der Waals surface area contributed by atoms with Gasteiger partial charge in [-0.25, -0.2) is 9.78 Å². The molecule has 1 aliphatic heterocycles. The number of aryl methyl sites for hydroxylation is 2. The SMILES string of the molecule is Cc1ccc(NC(=O)NCCn2cnc3cc(C(=O)N4CCCC4)ccc32)cc1C. The van der Waals surface area contributed by atoms with Crippen molar-refractivity contribution in [2.45, 2.75) is 33.2 Å². The van der Waals surface area contributed by atoms with Crippen LogP contribution in [-0.4, -0.2) is 46.0 Å². The van der Waals surface area contributed by atoms with E-state index in [-0.39, 0.29) is 11.9 Å². The molecule has 2 aromatic carbocycles. The van der Waals surface area contributed by atoms with Crippen LogP contribution in [0.3, 0.4) is 0 Å². The molecule has 3 amide bonds. The normalized spacial score (nSPS) is 13.6. The standard InChI is InChI=1S/C23H27N5O2/c1-16-5-7-19(13-17(16)2)26-23(30)24-9-12-28-15-25-20-14-18(6-8-21(20)28)22(29)27-10-3-4-11-27/h5-8,13-15H,3-4,9-12H2,1-2H3,(H2,24,26,30). The van der Waals surface area contributed by atoms with Gasteiger partial charge in [-0.05, 0) is 68.1 Å². The lowest BCUT2D eigenvalue weighted by atomic mass is 10.1. The highest BCUT2D eigenvalue weighted by atomic mass is 16.2. The van der Waals surface area contributed by atoms with Crippen LogP contribution >= 0.6 is 0 Å². The molecule has 1 aromatic heterocycles. The number of benzene rings is 2. The second-order valence-corrected chi connectivity index (χ2v) is 7.82. The summed E-state index contributed by atoms with van der Waals surface area (Å²) in [6, 6.07) is 11.3. The number of amides is 3. The van der Waals surface area contributed by atoms with Crippen molar-refractivity contribution in [1.82, 2.24) is 19.8 Å².